The molecule has 0 aliphatic carbocycles. The SMILES string of the molecule is CCCc1nc(C(C)(C)O)c(C(=O)OC/C(OC)=C(\C)O)n1Cc1ccc(-c2ccccc2-c2nn[nH]n2)cc1. The number of imidazole rings is 1. The van der Waals surface area contributed by atoms with Crippen LogP contribution in [0.25, 0.3) is 22.5 Å². The van der Waals surface area contributed by atoms with Gasteiger partial charge in [-0.05, 0) is 49.1 Å². The van der Waals surface area contributed by atoms with Gasteiger partial charge in [0.05, 0.1) is 7.11 Å². The fourth-order valence-corrected chi connectivity index (χ4v) is 4.41. The largest absolute Gasteiger partial charge is 0.509 e. The first-order valence-electron chi connectivity index (χ1n) is 13.0. The first-order valence-corrected chi connectivity index (χ1v) is 13.0. The second-order valence-corrected chi connectivity index (χ2v) is 9.89. The van der Waals surface area contributed by atoms with E-state index in [1.807, 2.05) is 55.5 Å². The van der Waals surface area contributed by atoms with E-state index in [4.69, 9.17) is 9.47 Å². The number of allylic oxidation sites excluding steroid dienone is 1. The summed E-state index contributed by atoms with van der Waals surface area (Å²) in [5.74, 6) is 0.550. The quantitative estimate of drug-likeness (QED) is 0.182. The number of nitrogens with one attached hydrogen (secondary N) is 1. The van der Waals surface area contributed by atoms with E-state index in [0.717, 1.165) is 28.7 Å². The van der Waals surface area contributed by atoms with E-state index in [1.54, 1.807) is 18.4 Å². The molecule has 2 aromatic heterocycles. The number of aromatic amines is 1. The molecule has 0 radical (unpaired) electrons. The van der Waals surface area contributed by atoms with Gasteiger partial charge in [-0.25, -0.2) is 9.78 Å². The summed E-state index contributed by atoms with van der Waals surface area (Å²) in [6, 6.07) is 15.8. The number of carbonyl (C=O) groups excluding carboxylic acids is 1. The highest BCUT2D eigenvalue weighted by atomic mass is 16.6. The summed E-state index contributed by atoms with van der Waals surface area (Å²) < 4.78 is 12.4. The van der Waals surface area contributed by atoms with Crippen molar-refractivity contribution in [1.29, 1.82) is 0 Å². The normalized spacial score (nSPS) is 12.2. The predicted molar refractivity (Wildman–Crippen MR) is 148 cm³/mol. The lowest BCUT2D eigenvalue weighted by Gasteiger charge is -2.18. The van der Waals surface area contributed by atoms with E-state index in [9.17, 15) is 15.0 Å². The second kappa shape index (κ2) is 12.1. The molecule has 0 saturated carbocycles. The Morgan fingerprint density at radius 2 is 1.80 bits per heavy atom. The number of carbonyl (C=O) groups is 1. The average molecular weight is 547 g/mol. The predicted octanol–water partition coefficient (Wildman–Crippen LogP) is 4.55. The molecule has 2 heterocycles. The number of aliphatic hydroxyl groups is 2. The minimum atomic E-state index is -1.39. The fourth-order valence-electron chi connectivity index (χ4n) is 4.41. The van der Waals surface area contributed by atoms with Crippen molar-refractivity contribution in [3.8, 4) is 22.5 Å². The Labute approximate surface area is 232 Å². The summed E-state index contributed by atoms with van der Waals surface area (Å²) in [6.45, 7) is 6.72. The van der Waals surface area contributed by atoms with Crippen LogP contribution in [0.1, 0.15) is 61.7 Å². The van der Waals surface area contributed by atoms with Crippen molar-refractivity contribution < 1.29 is 24.5 Å². The first-order chi connectivity index (χ1) is 19.1. The van der Waals surface area contributed by atoms with Crippen LogP contribution < -0.4 is 0 Å². The van der Waals surface area contributed by atoms with Crippen molar-refractivity contribution in [2.45, 2.75) is 52.7 Å². The van der Waals surface area contributed by atoms with Gasteiger partial charge in [-0.2, -0.15) is 5.21 Å². The number of aryl methyl sites for hydroxylation is 1. The molecule has 210 valence electrons. The van der Waals surface area contributed by atoms with Gasteiger partial charge in [0, 0.05) is 18.5 Å². The topological polar surface area (TPSA) is 148 Å². The number of tetrazole rings is 1. The zero-order valence-corrected chi connectivity index (χ0v) is 23.3. The molecule has 0 bridgehead atoms. The third-order valence-electron chi connectivity index (χ3n) is 6.40. The minimum Gasteiger partial charge on any atom is -0.509 e. The highest BCUT2D eigenvalue weighted by Crippen LogP contribution is 2.31. The summed E-state index contributed by atoms with van der Waals surface area (Å²) >= 11 is 0. The third-order valence-corrected chi connectivity index (χ3v) is 6.40. The zero-order chi connectivity index (χ0) is 28.9. The van der Waals surface area contributed by atoms with Gasteiger partial charge in [0.25, 0.3) is 0 Å². The maximum absolute atomic E-state index is 13.4. The number of nitrogens with zero attached hydrogens (tertiary/aromatic N) is 5. The van der Waals surface area contributed by atoms with E-state index in [-0.39, 0.29) is 29.5 Å². The van der Waals surface area contributed by atoms with Gasteiger partial charge in [0.1, 0.15) is 22.9 Å². The van der Waals surface area contributed by atoms with Crippen molar-refractivity contribution >= 4 is 5.97 Å². The molecular formula is C29H34N6O5. The summed E-state index contributed by atoms with van der Waals surface area (Å²) in [4.78, 5) is 18.1. The number of H-pyrrole nitrogens is 1. The highest BCUT2D eigenvalue weighted by molar-refractivity contribution is 5.89. The number of rotatable bonds is 11. The van der Waals surface area contributed by atoms with Crippen LogP contribution in [0.2, 0.25) is 0 Å². The molecule has 11 nitrogen and oxygen atoms in total. The number of hydrogen-bond donors (Lipinski definition) is 3. The van der Waals surface area contributed by atoms with E-state index in [1.165, 1.54) is 14.0 Å². The number of ether oxygens (including phenoxy) is 2. The van der Waals surface area contributed by atoms with E-state index >= 15 is 0 Å². The Morgan fingerprint density at radius 1 is 1.10 bits per heavy atom. The van der Waals surface area contributed by atoms with Crippen LogP contribution in [0.15, 0.2) is 60.0 Å². The molecule has 40 heavy (non-hydrogen) atoms. The highest BCUT2D eigenvalue weighted by Gasteiger charge is 2.32. The molecular weight excluding hydrogens is 512 g/mol. The van der Waals surface area contributed by atoms with E-state index < -0.39 is 11.6 Å². The van der Waals surface area contributed by atoms with E-state index in [0.29, 0.717) is 24.6 Å². The molecule has 0 spiro atoms. The number of esters is 1. The number of benzene rings is 2. The van der Waals surface area contributed by atoms with Gasteiger partial charge < -0.3 is 24.3 Å². The number of aromatic nitrogens is 6. The average Bonchev–Trinajstić information content (AvgIpc) is 3.58. The molecule has 0 amide bonds. The first kappa shape index (κ1) is 28.5. The fraction of sp³-hybridized carbons (Fsp3) is 0.345. The minimum absolute atomic E-state index is 0.0841. The maximum Gasteiger partial charge on any atom is 0.357 e. The lowest BCUT2D eigenvalue weighted by atomic mass is 9.98. The van der Waals surface area contributed by atoms with Crippen LogP contribution in [0.4, 0.5) is 0 Å². The molecule has 0 aliphatic heterocycles. The lowest BCUT2D eigenvalue weighted by molar-refractivity contribution is 0.0424. The molecule has 0 saturated heterocycles. The molecule has 3 N–H and O–H groups in total. The standard InChI is InChI=1S/C29H34N6O5/c1-6-9-24-30-26(29(3,4)38)25(28(37)40-17-23(39-5)18(2)36)35(24)16-19-12-14-20(15-13-19)21-10-7-8-11-22(21)27-31-33-34-32-27/h7-8,10-15,36,38H,6,9,16-17H2,1-5H3,(H,31,32,33,34)/b23-18-. The molecule has 4 rings (SSSR count). The third kappa shape index (κ3) is 6.20. The Bertz CT molecular complexity index is 1480. The Kier molecular flexibility index (Phi) is 8.64. The van der Waals surface area contributed by atoms with Gasteiger partial charge >= 0.3 is 5.97 Å². The van der Waals surface area contributed by atoms with Crippen molar-refractivity contribution in [3.63, 3.8) is 0 Å². The molecule has 0 atom stereocenters. The van der Waals surface area contributed by atoms with Crippen LogP contribution in [0.5, 0.6) is 0 Å². The number of aliphatic hydroxyl groups excluding tert-OH is 1. The number of hydrogen-bond acceptors (Lipinski definition) is 9. The van der Waals surface area contributed by atoms with Crippen molar-refractivity contribution in [2.24, 2.45) is 0 Å². The maximum atomic E-state index is 13.4. The van der Waals surface area contributed by atoms with Crippen LogP contribution in [0, 0.1) is 0 Å². The van der Waals surface area contributed by atoms with Crippen LogP contribution in [0.3, 0.4) is 0 Å². The monoisotopic (exact) mass is 546 g/mol. The van der Waals surface area contributed by atoms with Gasteiger partial charge in [0.15, 0.2) is 18.1 Å². The van der Waals surface area contributed by atoms with Crippen molar-refractivity contribution in [3.05, 3.63) is 82.8 Å². The smallest absolute Gasteiger partial charge is 0.357 e. The molecule has 2 aromatic carbocycles. The molecule has 0 unspecified atom stereocenters. The van der Waals surface area contributed by atoms with Gasteiger partial charge in [-0.1, -0.05) is 55.5 Å². The summed E-state index contributed by atoms with van der Waals surface area (Å²) in [7, 11) is 1.39. The number of methoxy groups -OCH3 is 1. The van der Waals surface area contributed by atoms with Crippen molar-refractivity contribution in [2.75, 3.05) is 13.7 Å². The lowest BCUT2D eigenvalue weighted by Crippen LogP contribution is -2.24. The Balaban J connectivity index is 1.70. The van der Waals surface area contributed by atoms with Gasteiger partial charge in [-0.15, -0.1) is 10.2 Å². The zero-order valence-electron chi connectivity index (χ0n) is 23.3. The summed E-state index contributed by atoms with van der Waals surface area (Å²) in [5.41, 5.74) is 2.71. The molecule has 4 aromatic rings. The Morgan fingerprint density at radius 3 is 2.38 bits per heavy atom. The van der Waals surface area contributed by atoms with E-state index in [2.05, 4.69) is 25.6 Å². The van der Waals surface area contributed by atoms with Crippen LogP contribution in [-0.4, -0.2) is 60.1 Å². The molecule has 11 heteroatoms. The molecule has 0 aliphatic rings. The van der Waals surface area contributed by atoms with Gasteiger partial charge in [-0.3, -0.25) is 0 Å². The van der Waals surface area contributed by atoms with Gasteiger partial charge in [0.2, 0.25) is 5.82 Å². The van der Waals surface area contributed by atoms with Crippen molar-refractivity contribution in [1.82, 2.24) is 30.2 Å². The second-order valence-electron chi connectivity index (χ2n) is 9.89. The Hall–Kier alpha value is -4.51. The van der Waals surface area contributed by atoms with Crippen LogP contribution in [-0.2, 0) is 28.0 Å². The molecule has 0 fully saturated rings. The summed E-state index contributed by atoms with van der Waals surface area (Å²) in [6.07, 6.45) is 1.40. The van der Waals surface area contributed by atoms with Crippen LogP contribution >= 0.6 is 0 Å². The summed E-state index contributed by atoms with van der Waals surface area (Å²) in [5, 5.41) is 35.1.